The van der Waals surface area contributed by atoms with Gasteiger partial charge in [0.2, 0.25) is 0 Å². The molecule has 0 radical (unpaired) electrons. The molecule has 2 aromatic rings. The van der Waals surface area contributed by atoms with Crippen LogP contribution in [0.1, 0.15) is 23.7 Å². The van der Waals surface area contributed by atoms with Crippen molar-refractivity contribution in [2.75, 3.05) is 0 Å². The van der Waals surface area contributed by atoms with Crippen molar-refractivity contribution in [2.24, 2.45) is 0 Å². The molecular weight excluding hydrogens is 295 g/mol. The molecular formula is C15H14BrFO. The van der Waals surface area contributed by atoms with E-state index in [2.05, 4.69) is 15.9 Å². The zero-order valence-corrected chi connectivity index (χ0v) is 11.4. The van der Waals surface area contributed by atoms with Crippen molar-refractivity contribution in [1.29, 1.82) is 0 Å². The van der Waals surface area contributed by atoms with E-state index >= 15 is 0 Å². The summed E-state index contributed by atoms with van der Waals surface area (Å²) in [4.78, 5) is 0. The van der Waals surface area contributed by atoms with E-state index in [1.54, 1.807) is 12.1 Å². The number of halogens is 2. The average molecular weight is 309 g/mol. The first-order valence-corrected chi connectivity index (χ1v) is 6.63. The molecule has 0 bridgehead atoms. The van der Waals surface area contributed by atoms with Crippen LogP contribution in [0.25, 0.3) is 0 Å². The SMILES string of the molecule is OC(CCc1ccc(F)c(Br)c1)c1ccccc1. The topological polar surface area (TPSA) is 20.2 Å². The highest BCUT2D eigenvalue weighted by molar-refractivity contribution is 9.10. The van der Waals surface area contributed by atoms with E-state index in [9.17, 15) is 9.50 Å². The van der Waals surface area contributed by atoms with Gasteiger partial charge >= 0.3 is 0 Å². The van der Waals surface area contributed by atoms with Gasteiger partial charge in [-0.2, -0.15) is 0 Å². The Bertz CT molecular complexity index is 513. The Morgan fingerprint density at radius 3 is 2.50 bits per heavy atom. The largest absolute Gasteiger partial charge is 0.388 e. The van der Waals surface area contributed by atoms with E-state index in [0.29, 0.717) is 10.9 Å². The molecule has 0 saturated carbocycles. The fourth-order valence-corrected chi connectivity index (χ4v) is 2.27. The zero-order chi connectivity index (χ0) is 13.0. The van der Waals surface area contributed by atoms with E-state index in [1.165, 1.54) is 6.07 Å². The van der Waals surface area contributed by atoms with Crippen LogP contribution in [0.4, 0.5) is 4.39 Å². The quantitative estimate of drug-likeness (QED) is 0.895. The molecule has 0 aliphatic heterocycles. The van der Waals surface area contributed by atoms with Gasteiger partial charge in [-0.1, -0.05) is 36.4 Å². The lowest BCUT2D eigenvalue weighted by Crippen LogP contribution is -1.99. The first kappa shape index (κ1) is 13.2. The van der Waals surface area contributed by atoms with E-state index < -0.39 is 6.10 Å². The predicted molar refractivity (Wildman–Crippen MR) is 73.8 cm³/mol. The van der Waals surface area contributed by atoms with Crippen LogP contribution in [-0.4, -0.2) is 5.11 Å². The second-order valence-electron chi connectivity index (χ2n) is 4.21. The van der Waals surface area contributed by atoms with Crippen molar-refractivity contribution in [2.45, 2.75) is 18.9 Å². The summed E-state index contributed by atoms with van der Waals surface area (Å²) in [7, 11) is 0. The highest BCUT2D eigenvalue weighted by atomic mass is 79.9. The van der Waals surface area contributed by atoms with Crippen molar-refractivity contribution in [1.82, 2.24) is 0 Å². The summed E-state index contributed by atoms with van der Waals surface area (Å²) < 4.78 is 13.5. The summed E-state index contributed by atoms with van der Waals surface area (Å²) in [5.41, 5.74) is 1.93. The smallest absolute Gasteiger partial charge is 0.137 e. The molecule has 2 rings (SSSR count). The van der Waals surface area contributed by atoms with E-state index in [4.69, 9.17) is 0 Å². The van der Waals surface area contributed by atoms with Crippen LogP contribution in [0, 0.1) is 5.82 Å². The summed E-state index contributed by atoms with van der Waals surface area (Å²) in [6.07, 6.45) is 0.867. The minimum absolute atomic E-state index is 0.262. The zero-order valence-electron chi connectivity index (χ0n) is 9.81. The van der Waals surface area contributed by atoms with E-state index in [0.717, 1.165) is 17.5 Å². The van der Waals surface area contributed by atoms with Gasteiger partial charge in [0.05, 0.1) is 10.6 Å². The van der Waals surface area contributed by atoms with Crippen LogP contribution in [0.2, 0.25) is 0 Å². The maximum atomic E-state index is 13.1. The Hall–Kier alpha value is -1.19. The minimum atomic E-state index is -0.477. The number of hydrogen-bond donors (Lipinski definition) is 1. The third-order valence-corrected chi connectivity index (χ3v) is 3.48. The van der Waals surface area contributed by atoms with Gasteiger partial charge in [0, 0.05) is 0 Å². The van der Waals surface area contributed by atoms with Crippen molar-refractivity contribution in [3.8, 4) is 0 Å². The van der Waals surface area contributed by atoms with Gasteiger partial charge in [-0.05, 0) is 52.0 Å². The number of hydrogen-bond acceptors (Lipinski definition) is 1. The highest BCUT2D eigenvalue weighted by Gasteiger charge is 2.08. The molecule has 0 aliphatic rings. The third-order valence-electron chi connectivity index (χ3n) is 2.87. The van der Waals surface area contributed by atoms with Crippen molar-refractivity contribution < 1.29 is 9.50 Å². The maximum absolute atomic E-state index is 13.1. The Balaban J connectivity index is 1.97. The van der Waals surface area contributed by atoms with Crippen LogP contribution < -0.4 is 0 Å². The van der Waals surface area contributed by atoms with Gasteiger partial charge in [0.25, 0.3) is 0 Å². The van der Waals surface area contributed by atoms with E-state index in [-0.39, 0.29) is 5.82 Å². The fourth-order valence-electron chi connectivity index (χ4n) is 1.84. The maximum Gasteiger partial charge on any atom is 0.137 e. The summed E-state index contributed by atoms with van der Waals surface area (Å²) in [6.45, 7) is 0. The number of benzene rings is 2. The summed E-state index contributed by atoms with van der Waals surface area (Å²) in [6, 6.07) is 14.5. The molecule has 18 heavy (non-hydrogen) atoms. The second kappa shape index (κ2) is 6.12. The number of aliphatic hydroxyl groups excluding tert-OH is 1. The van der Waals surface area contributed by atoms with Crippen molar-refractivity contribution >= 4 is 15.9 Å². The van der Waals surface area contributed by atoms with Gasteiger partial charge in [-0.25, -0.2) is 4.39 Å². The van der Waals surface area contributed by atoms with Gasteiger partial charge in [0.1, 0.15) is 5.82 Å². The molecule has 1 unspecified atom stereocenters. The van der Waals surface area contributed by atoms with Crippen LogP contribution in [0.3, 0.4) is 0 Å². The minimum Gasteiger partial charge on any atom is -0.388 e. The molecule has 0 heterocycles. The number of aliphatic hydroxyl groups is 1. The third kappa shape index (κ3) is 3.40. The molecule has 0 spiro atoms. The standard InChI is InChI=1S/C15H14BrFO/c16-13-10-11(6-8-14(13)17)7-9-15(18)12-4-2-1-3-5-12/h1-6,8,10,15,18H,7,9H2. The predicted octanol–water partition coefficient (Wildman–Crippen LogP) is 4.25. The lowest BCUT2D eigenvalue weighted by atomic mass is 10.0. The monoisotopic (exact) mass is 308 g/mol. The van der Waals surface area contributed by atoms with Gasteiger partial charge in [-0.15, -0.1) is 0 Å². The number of aryl methyl sites for hydroxylation is 1. The molecule has 0 saturated heterocycles. The van der Waals surface area contributed by atoms with Gasteiger partial charge in [0.15, 0.2) is 0 Å². The molecule has 0 fully saturated rings. The van der Waals surface area contributed by atoms with Crippen LogP contribution >= 0.6 is 15.9 Å². The first-order valence-electron chi connectivity index (χ1n) is 5.84. The van der Waals surface area contributed by atoms with Gasteiger partial charge in [-0.3, -0.25) is 0 Å². The molecule has 2 aromatic carbocycles. The van der Waals surface area contributed by atoms with Gasteiger partial charge < -0.3 is 5.11 Å². The fraction of sp³-hybridized carbons (Fsp3) is 0.200. The Morgan fingerprint density at radius 1 is 1.11 bits per heavy atom. The second-order valence-corrected chi connectivity index (χ2v) is 5.07. The molecule has 0 aromatic heterocycles. The number of rotatable bonds is 4. The molecule has 0 amide bonds. The normalized spacial score (nSPS) is 12.4. The summed E-state index contributed by atoms with van der Waals surface area (Å²) in [5, 5.41) is 10.0. The summed E-state index contributed by atoms with van der Waals surface area (Å²) in [5.74, 6) is -0.262. The molecule has 1 nitrogen and oxygen atoms in total. The average Bonchev–Trinajstić information content (AvgIpc) is 2.41. The summed E-state index contributed by atoms with van der Waals surface area (Å²) >= 11 is 3.16. The molecule has 1 atom stereocenters. The Morgan fingerprint density at radius 2 is 1.83 bits per heavy atom. The lowest BCUT2D eigenvalue weighted by Gasteiger charge is -2.11. The first-order chi connectivity index (χ1) is 8.66. The van der Waals surface area contributed by atoms with Crippen LogP contribution in [-0.2, 0) is 6.42 Å². The Labute approximate surface area is 114 Å². The van der Waals surface area contributed by atoms with Crippen LogP contribution in [0.15, 0.2) is 53.0 Å². The van der Waals surface area contributed by atoms with Crippen molar-refractivity contribution in [3.63, 3.8) is 0 Å². The lowest BCUT2D eigenvalue weighted by molar-refractivity contribution is 0.168. The van der Waals surface area contributed by atoms with E-state index in [1.807, 2.05) is 30.3 Å². The molecule has 3 heteroatoms. The van der Waals surface area contributed by atoms with Crippen LogP contribution in [0.5, 0.6) is 0 Å². The molecule has 94 valence electrons. The van der Waals surface area contributed by atoms with Crippen molar-refractivity contribution in [3.05, 3.63) is 69.9 Å². The molecule has 0 aliphatic carbocycles. The Kier molecular flexibility index (Phi) is 4.50. The highest BCUT2D eigenvalue weighted by Crippen LogP contribution is 2.21. The molecule has 1 N–H and O–H groups in total.